The Morgan fingerprint density at radius 2 is 2.00 bits per heavy atom. The monoisotopic (exact) mass is 267 g/mol. The van der Waals surface area contributed by atoms with Gasteiger partial charge in [0.05, 0.1) is 12.3 Å². The number of anilines is 1. The van der Waals surface area contributed by atoms with Gasteiger partial charge in [-0.1, -0.05) is 0 Å². The Labute approximate surface area is 113 Å². The Morgan fingerprint density at radius 1 is 1.37 bits per heavy atom. The lowest BCUT2D eigenvalue weighted by Gasteiger charge is -2.28. The van der Waals surface area contributed by atoms with Gasteiger partial charge in [0.15, 0.2) is 5.82 Å². The molecule has 19 heavy (non-hydrogen) atoms. The Kier molecular flexibility index (Phi) is 5.23. The molecule has 0 atom stereocenters. The molecule has 0 aliphatic carbocycles. The third-order valence-corrected chi connectivity index (χ3v) is 3.08. The van der Waals surface area contributed by atoms with E-state index in [4.69, 9.17) is 4.74 Å². The van der Waals surface area contributed by atoms with Gasteiger partial charge in [-0.25, -0.2) is 4.79 Å². The number of rotatable bonds is 6. The summed E-state index contributed by atoms with van der Waals surface area (Å²) in [5.74, 6) is -0.573. The first kappa shape index (κ1) is 15.4. The largest absolute Gasteiger partial charge is 0.478 e. The molecule has 6 nitrogen and oxygen atoms in total. The van der Waals surface area contributed by atoms with Gasteiger partial charge in [0.2, 0.25) is 0 Å². The van der Waals surface area contributed by atoms with Gasteiger partial charge in [0.25, 0.3) is 0 Å². The summed E-state index contributed by atoms with van der Waals surface area (Å²) in [6.07, 6.45) is 0. The summed E-state index contributed by atoms with van der Waals surface area (Å²) in [6, 6.07) is 0.115. The van der Waals surface area contributed by atoms with Crippen molar-refractivity contribution in [2.75, 3.05) is 25.2 Å². The van der Waals surface area contributed by atoms with E-state index in [2.05, 4.69) is 10.2 Å². The number of carbonyl (C=O) groups is 1. The Balaban J connectivity index is 3.30. The minimum Gasteiger partial charge on any atom is -0.478 e. The van der Waals surface area contributed by atoms with Crippen LogP contribution in [-0.2, 0) is 4.74 Å². The molecule has 0 aromatic carbocycles. The maximum Gasteiger partial charge on any atom is 0.339 e. The molecule has 0 saturated heterocycles. The third-order valence-electron chi connectivity index (χ3n) is 3.08. The van der Waals surface area contributed by atoms with Crippen molar-refractivity contribution in [1.29, 1.82) is 0 Å². The molecule has 1 heterocycles. The number of hydrogen-bond acceptors (Lipinski definition) is 5. The minimum atomic E-state index is -0.978. The molecule has 1 aromatic heterocycles. The summed E-state index contributed by atoms with van der Waals surface area (Å²) < 4.78 is 5.06. The molecule has 0 amide bonds. The highest BCUT2D eigenvalue weighted by atomic mass is 16.5. The molecule has 0 radical (unpaired) electrons. The number of nitrogens with zero attached hydrogens (tertiary/aromatic N) is 3. The second-order valence-electron chi connectivity index (χ2n) is 4.69. The van der Waals surface area contributed by atoms with Crippen LogP contribution in [0.15, 0.2) is 0 Å². The second-order valence-corrected chi connectivity index (χ2v) is 4.69. The molecule has 1 aromatic rings. The highest BCUT2D eigenvalue weighted by Gasteiger charge is 2.23. The number of methoxy groups -OCH3 is 1. The van der Waals surface area contributed by atoms with Crippen molar-refractivity contribution >= 4 is 11.8 Å². The summed E-state index contributed by atoms with van der Waals surface area (Å²) in [5.41, 5.74) is 1.51. The fourth-order valence-electron chi connectivity index (χ4n) is 1.85. The average molecular weight is 267 g/mol. The van der Waals surface area contributed by atoms with Gasteiger partial charge in [0.1, 0.15) is 5.56 Å². The molecule has 6 heteroatoms. The molecule has 0 bridgehead atoms. The van der Waals surface area contributed by atoms with Gasteiger partial charge in [-0.3, -0.25) is 0 Å². The van der Waals surface area contributed by atoms with E-state index in [0.717, 1.165) is 0 Å². The fourth-order valence-corrected chi connectivity index (χ4v) is 1.85. The van der Waals surface area contributed by atoms with Gasteiger partial charge < -0.3 is 14.7 Å². The molecule has 106 valence electrons. The molecule has 0 aliphatic rings. The number of aryl methyl sites for hydroxylation is 1. The molecule has 0 spiro atoms. The molecule has 1 rings (SSSR count). The molecule has 0 unspecified atom stereocenters. The van der Waals surface area contributed by atoms with Gasteiger partial charge in [-0.05, 0) is 33.3 Å². The van der Waals surface area contributed by atoms with Crippen molar-refractivity contribution in [1.82, 2.24) is 10.2 Å². The third kappa shape index (κ3) is 3.41. The maximum atomic E-state index is 11.5. The van der Waals surface area contributed by atoms with Crippen LogP contribution < -0.4 is 4.90 Å². The topological polar surface area (TPSA) is 75.5 Å². The Bertz CT molecular complexity index is 461. The molecule has 0 saturated carbocycles. The average Bonchev–Trinajstić information content (AvgIpc) is 2.33. The quantitative estimate of drug-likeness (QED) is 0.844. The van der Waals surface area contributed by atoms with Crippen LogP contribution >= 0.6 is 0 Å². The molecule has 0 fully saturated rings. The van der Waals surface area contributed by atoms with Crippen LogP contribution in [0.3, 0.4) is 0 Å². The SMILES string of the molecule is COCCN(c1nnc(C)c(C)c1C(=O)O)C(C)C. The summed E-state index contributed by atoms with van der Waals surface area (Å²) in [7, 11) is 1.61. The highest BCUT2D eigenvalue weighted by molar-refractivity contribution is 5.95. The number of hydrogen-bond donors (Lipinski definition) is 1. The van der Waals surface area contributed by atoms with Gasteiger partial charge >= 0.3 is 5.97 Å². The fraction of sp³-hybridized carbons (Fsp3) is 0.615. The standard InChI is InChI=1S/C13H21N3O3/c1-8(2)16(6-7-19-5)12-11(13(17)18)9(3)10(4)14-15-12/h8H,6-7H2,1-5H3,(H,17,18). The van der Waals surface area contributed by atoms with E-state index >= 15 is 0 Å². The van der Waals surface area contributed by atoms with Crippen molar-refractivity contribution in [3.05, 3.63) is 16.8 Å². The van der Waals surface area contributed by atoms with Crippen molar-refractivity contribution in [2.24, 2.45) is 0 Å². The first-order valence-corrected chi connectivity index (χ1v) is 6.22. The molecule has 1 N–H and O–H groups in total. The molecule has 0 aliphatic heterocycles. The summed E-state index contributed by atoms with van der Waals surface area (Å²) >= 11 is 0. The molecular formula is C13H21N3O3. The Morgan fingerprint density at radius 3 is 2.47 bits per heavy atom. The zero-order valence-electron chi connectivity index (χ0n) is 12.1. The summed E-state index contributed by atoms with van der Waals surface area (Å²) in [4.78, 5) is 13.4. The number of aromatic carboxylic acids is 1. The predicted molar refractivity (Wildman–Crippen MR) is 72.8 cm³/mol. The van der Waals surface area contributed by atoms with Gasteiger partial charge in [-0.2, -0.15) is 5.10 Å². The maximum absolute atomic E-state index is 11.5. The second kappa shape index (κ2) is 6.47. The number of carboxylic acids is 1. The van der Waals surface area contributed by atoms with E-state index in [0.29, 0.717) is 30.2 Å². The summed E-state index contributed by atoms with van der Waals surface area (Å²) in [5, 5.41) is 17.5. The number of ether oxygens (including phenoxy) is 1. The normalized spacial score (nSPS) is 10.8. The minimum absolute atomic E-state index is 0.115. The van der Waals surface area contributed by atoms with E-state index in [1.54, 1.807) is 21.0 Å². The van der Waals surface area contributed by atoms with E-state index in [1.807, 2.05) is 18.7 Å². The zero-order valence-corrected chi connectivity index (χ0v) is 12.1. The van der Waals surface area contributed by atoms with Gasteiger partial charge in [0, 0.05) is 19.7 Å². The number of carboxylic acid groups (broad SMARTS) is 1. The van der Waals surface area contributed by atoms with Crippen LogP contribution in [0, 0.1) is 13.8 Å². The van der Waals surface area contributed by atoms with E-state index in [-0.39, 0.29) is 11.6 Å². The molecular weight excluding hydrogens is 246 g/mol. The van der Waals surface area contributed by atoms with E-state index in [9.17, 15) is 9.90 Å². The van der Waals surface area contributed by atoms with Crippen LogP contribution in [0.2, 0.25) is 0 Å². The highest BCUT2D eigenvalue weighted by Crippen LogP contribution is 2.23. The van der Waals surface area contributed by atoms with Crippen LogP contribution in [-0.4, -0.2) is 47.6 Å². The lowest BCUT2D eigenvalue weighted by Crippen LogP contribution is -2.36. The van der Waals surface area contributed by atoms with Crippen LogP contribution in [0.5, 0.6) is 0 Å². The van der Waals surface area contributed by atoms with Crippen molar-refractivity contribution in [3.63, 3.8) is 0 Å². The van der Waals surface area contributed by atoms with E-state index in [1.165, 1.54) is 0 Å². The van der Waals surface area contributed by atoms with Crippen LogP contribution in [0.1, 0.15) is 35.5 Å². The van der Waals surface area contributed by atoms with Crippen LogP contribution in [0.25, 0.3) is 0 Å². The lowest BCUT2D eigenvalue weighted by molar-refractivity contribution is 0.0695. The first-order chi connectivity index (χ1) is 8.90. The first-order valence-electron chi connectivity index (χ1n) is 6.22. The predicted octanol–water partition coefficient (Wildman–Crippen LogP) is 1.65. The Hall–Kier alpha value is -1.69. The summed E-state index contributed by atoms with van der Waals surface area (Å²) in [6.45, 7) is 8.56. The van der Waals surface area contributed by atoms with Crippen molar-refractivity contribution < 1.29 is 14.6 Å². The lowest BCUT2D eigenvalue weighted by atomic mass is 10.1. The number of aromatic nitrogens is 2. The zero-order chi connectivity index (χ0) is 14.6. The van der Waals surface area contributed by atoms with Gasteiger partial charge in [-0.15, -0.1) is 5.10 Å². The smallest absolute Gasteiger partial charge is 0.339 e. The van der Waals surface area contributed by atoms with Crippen molar-refractivity contribution in [2.45, 2.75) is 33.7 Å². The van der Waals surface area contributed by atoms with Crippen molar-refractivity contribution in [3.8, 4) is 0 Å². The van der Waals surface area contributed by atoms with E-state index < -0.39 is 5.97 Å². The van der Waals surface area contributed by atoms with Crippen LogP contribution in [0.4, 0.5) is 5.82 Å².